The fraction of sp³-hybridized carbons (Fsp3) is 0.158. The Morgan fingerprint density at radius 2 is 1.70 bits per heavy atom. The lowest BCUT2D eigenvalue weighted by molar-refractivity contribution is -0.106. The van der Waals surface area contributed by atoms with E-state index < -0.39 is 27.5 Å². The second kappa shape index (κ2) is 8.19. The molecule has 3 N–H and O–H groups in total. The maximum absolute atomic E-state index is 12.3. The van der Waals surface area contributed by atoms with Gasteiger partial charge in [-0.3, -0.25) is 19.5 Å². The van der Waals surface area contributed by atoms with E-state index in [9.17, 15) is 31.5 Å². The van der Waals surface area contributed by atoms with Gasteiger partial charge in [0.2, 0.25) is 15.9 Å². The summed E-state index contributed by atoms with van der Waals surface area (Å²) in [4.78, 5) is 18.4. The number of nitrogens with one attached hydrogen (secondary N) is 2. The summed E-state index contributed by atoms with van der Waals surface area (Å²) in [7, 11) is -4.55. The molecule has 0 saturated carbocycles. The normalized spacial score (nSPS) is 12.5. The van der Waals surface area contributed by atoms with E-state index in [0.29, 0.717) is 21.9 Å². The zero-order valence-corrected chi connectivity index (χ0v) is 16.1. The van der Waals surface area contributed by atoms with E-state index >= 15 is 0 Å². The fourth-order valence-electron chi connectivity index (χ4n) is 2.77. The van der Waals surface area contributed by atoms with Crippen molar-refractivity contribution in [3.8, 4) is 5.88 Å². The summed E-state index contributed by atoms with van der Waals surface area (Å²) in [6.45, 7) is 0.155. The molecule has 1 heterocycles. The molecule has 0 spiro atoms. The van der Waals surface area contributed by atoms with Crippen molar-refractivity contribution < 1.29 is 26.7 Å². The average Bonchev–Trinajstić information content (AvgIpc) is 2.63. The number of aliphatic imine (C=N–C) groups is 1. The van der Waals surface area contributed by atoms with Gasteiger partial charge in [-0.2, -0.15) is 13.2 Å². The number of fused-ring (bicyclic) bond motifs is 1. The number of hydrogen-bond acceptors (Lipinski definition) is 5. The molecule has 0 aliphatic heterocycles. The molecule has 0 aliphatic rings. The van der Waals surface area contributed by atoms with E-state index in [2.05, 4.69) is 9.98 Å². The minimum atomic E-state index is -4.84. The Balaban J connectivity index is 1.73. The smallest absolute Gasteiger partial charge is 0.404 e. The molecule has 0 atom stereocenters. The topological polar surface area (TPSA) is 112 Å². The SMILES string of the molecule is O=c1[nH]c(O)c(C=NCc2ccc(NS(=O)(=O)CC(F)(F)F)cc2)c2ccccc12. The summed E-state index contributed by atoms with van der Waals surface area (Å²) >= 11 is 0. The molecular formula is C19H16F3N3O4S. The van der Waals surface area contributed by atoms with Crippen LogP contribution in [0.2, 0.25) is 0 Å². The summed E-state index contributed by atoms with van der Waals surface area (Å²) in [5, 5.41) is 10.9. The molecule has 158 valence electrons. The van der Waals surface area contributed by atoms with Gasteiger partial charge in [-0.25, -0.2) is 8.42 Å². The quantitative estimate of drug-likeness (QED) is 0.512. The Hall–Kier alpha value is -3.34. The molecule has 1 aromatic heterocycles. The highest BCUT2D eigenvalue weighted by molar-refractivity contribution is 7.92. The molecule has 0 radical (unpaired) electrons. The van der Waals surface area contributed by atoms with E-state index in [-0.39, 0.29) is 18.1 Å². The van der Waals surface area contributed by atoms with Crippen molar-refractivity contribution in [2.75, 3.05) is 10.5 Å². The van der Waals surface area contributed by atoms with E-state index in [0.717, 1.165) is 0 Å². The number of H-pyrrole nitrogens is 1. The molecule has 0 saturated heterocycles. The van der Waals surface area contributed by atoms with Gasteiger partial charge in [0.15, 0.2) is 5.75 Å². The van der Waals surface area contributed by atoms with E-state index in [1.54, 1.807) is 24.3 Å². The van der Waals surface area contributed by atoms with Crippen LogP contribution in [-0.2, 0) is 16.6 Å². The molecule has 11 heteroatoms. The van der Waals surface area contributed by atoms with Crippen LogP contribution >= 0.6 is 0 Å². The van der Waals surface area contributed by atoms with Gasteiger partial charge >= 0.3 is 6.18 Å². The Labute approximate surface area is 169 Å². The van der Waals surface area contributed by atoms with Gasteiger partial charge < -0.3 is 5.11 Å². The molecular weight excluding hydrogens is 423 g/mol. The van der Waals surface area contributed by atoms with Gasteiger partial charge in [-0.15, -0.1) is 0 Å². The zero-order valence-electron chi connectivity index (χ0n) is 15.3. The molecule has 3 rings (SSSR count). The number of sulfonamides is 1. The molecule has 30 heavy (non-hydrogen) atoms. The minimum absolute atomic E-state index is 0.00347. The molecule has 0 unspecified atom stereocenters. The van der Waals surface area contributed by atoms with Crippen LogP contribution in [0.4, 0.5) is 18.9 Å². The van der Waals surface area contributed by atoms with Gasteiger partial charge in [-0.05, 0) is 23.8 Å². The number of benzene rings is 2. The number of hydrogen-bond donors (Lipinski definition) is 3. The summed E-state index contributed by atoms with van der Waals surface area (Å²) in [5.74, 6) is -2.29. The number of aromatic nitrogens is 1. The van der Waals surface area contributed by atoms with Gasteiger partial charge in [0, 0.05) is 22.7 Å². The van der Waals surface area contributed by atoms with Crippen LogP contribution in [0.15, 0.2) is 58.3 Å². The van der Waals surface area contributed by atoms with Crippen LogP contribution in [0, 0.1) is 0 Å². The maximum atomic E-state index is 12.3. The number of rotatable bonds is 6. The second-order valence-electron chi connectivity index (χ2n) is 6.41. The Morgan fingerprint density at radius 1 is 1.07 bits per heavy atom. The molecule has 0 amide bonds. The van der Waals surface area contributed by atoms with Crippen molar-refractivity contribution >= 4 is 32.7 Å². The van der Waals surface area contributed by atoms with Crippen LogP contribution in [0.3, 0.4) is 0 Å². The van der Waals surface area contributed by atoms with Gasteiger partial charge in [0.1, 0.15) is 0 Å². The van der Waals surface area contributed by atoms with Crippen molar-refractivity contribution in [2.24, 2.45) is 4.99 Å². The van der Waals surface area contributed by atoms with Crippen molar-refractivity contribution in [3.63, 3.8) is 0 Å². The predicted molar refractivity (Wildman–Crippen MR) is 107 cm³/mol. The maximum Gasteiger partial charge on any atom is 0.404 e. The molecule has 3 aromatic rings. The number of aromatic amines is 1. The second-order valence-corrected chi connectivity index (χ2v) is 8.13. The first-order chi connectivity index (χ1) is 14.0. The van der Waals surface area contributed by atoms with Crippen molar-refractivity contribution in [1.29, 1.82) is 0 Å². The third kappa shape index (κ3) is 5.38. The van der Waals surface area contributed by atoms with Gasteiger partial charge in [0.05, 0.1) is 12.1 Å². The molecule has 0 aliphatic carbocycles. The molecule has 0 bridgehead atoms. The third-order valence-electron chi connectivity index (χ3n) is 4.02. The van der Waals surface area contributed by atoms with Crippen molar-refractivity contribution in [3.05, 3.63) is 70.0 Å². The Kier molecular flexibility index (Phi) is 5.83. The van der Waals surface area contributed by atoms with Crippen LogP contribution in [0.25, 0.3) is 10.8 Å². The number of anilines is 1. The largest absolute Gasteiger partial charge is 0.494 e. The number of halogens is 3. The highest BCUT2D eigenvalue weighted by Gasteiger charge is 2.35. The number of alkyl halides is 3. The van der Waals surface area contributed by atoms with Crippen molar-refractivity contribution in [1.82, 2.24) is 4.98 Å². The third-order valence-corrected chi connectivity index (χ3v) is 5.28. The molecule has 0 fully saturated rings. The first kappa shape index (κ1) is 21.4. The highest BCUT2D eigenvalue weighted by atomic mass is 32.2. The standard InChI is InChI=1S/C19H16F3N3O4S/c20-19(21,22)11-30(28,29)25-13-7-5-12(6-8-13)9-23-10-16-14-3-1-2-4-15(14)17(26)24-18(16)27/h1-8,10,25H,9,11H2,(H2,24,26,27). The van der Waals surface area contributed by atoms with Crippen LogP contribution in [-0.4, -0.2) is 36.7 Å². The highest BCUT2D eigenvalue weighted by Crippen LogP contribution is 2.21. The molecule has 2 aromatic carbocycles. The predicted octanol–water partition coefficient (Wildman–Crippen LogP) is 3.16. The van der Waals surface area contributed by atoms with E-state index in [1.807, 2.05) is 4.72 Å². The lowest BCUT2D eigenvalue weighted by atomic mass is 10.1. The summed E-state index contributed by atoms with van der Waals surface area (Å²) < 4.78 is 61.7. The van der Waals surface area contributed by atoms with Crippen LogP contribution < -0.4 is 10.3 Å². The summed E-state index contributed by atoms with van der Waals surface area (Å²) in [5.41, 5.74) is 0.556. The summed E-state index contributed by atoms with van der Waals surface area (Å²) in [6.07, 6.45) is -3.44. The average molecular weight is 439 g/mol. The van der Waals surface area contributed by atoms with E-state index in [4.69, 9.17) is 0 Å². The first-order valence-electron chi connectivity index (χ1n) is 8.54. The number of aromatic hydroxyl groups is 1. The lowest BCUT2D eigenvalue weighted by Crippen LogP contribution is -2.27. The number of nitrogens with zero attached hydrogens (tertiary/aromatic N) is 1. The minimum Gasteiger partial charge on any atom is -0.494 e. The monoisotopic (exact) mass is 439 g/mol. The molecule has 7 nitrogen and oxygen atoms in total. The van der Waals surface area contributed by atoms with Gasteiger partial charge in [0.25, 0.3) is 5.56 Å². The van der Waals surface area contributed by atoms with E-state index in [1.165, 1.54) is 30.5 Å². The Morgan fingerprint density at radius 3 is 2.33 bits per heavy atom. The fourth-order valence-corrected chi connectivity index (χ4v) is 3.77. The van der Waals surface area contributed by atoms with Crippen LogP contribution in [0.5, 0.6) is 5.88 Å². The van der Waals surface area contributed by atoms with Crippen LogP contribution in [0.1, 0.15) is 11.1 Å². The Bertz CT molecular complexity index is 1250. The lowest BCUT2D eigenvalue weighted by Gasteiger charge is -2.10. The zero-order chi connectivity index (χ0) is 21.9. The number of pyridine rings is 1. The summed E-state index contributed by atoms with van der Waals surface area (Å²) in [6, 6.07) is 12.4. The van der Waals surface area contributed by atoms with Crippen molar-refractivity contribution in [2.45, 2.75) is 12.7 Å². The van der Waals surface area contributed by atoms with Gasteiger partial charge in [-0.1, -0.05) is 30.3 Å². The first-order valence-corrected chi connectivity index (χ1v) is 10.2.